The van der Waals surface area contributed by atoms with Crippen molar-refractivity contribution in [3.8, 4) is 0 Å². The number of ketones is 2. The van der Waals surface area contributed by atoms with E-state index in [4.69, 9.17) is 4.98 Å². The summed E-state index contributed by atoms with van der Waals surface area (Å²) in [6, 6.07) is 16.0. The second-order valence-corrected chi connectivity index (χ2v) is 11.6. The number of amides is 1. The van der Waals surface area contributed by atoms with Gasteiger partial charge in [0, 0.05) is 43.8 Å². The monoisotopic (exact) mass is 547 g/mol. The minimum atomic E-state index is -0.513. The number of likely N-dealkylation sites (N-methyl/N-ethyl adjacent to an activating group) is 1. The molecular weight excluding hydrogens is 506 g/mol. The van der Waals surface area contributed by atoms with E-state index in [1.54, 1.807) is 11.3 Å². The highest BCUT2D eigenvalue weighted by atomic mass is 32.1. The number of nitrogens with one attached hydrogen (secondary N) is 1. The second-order valence-electron chi connectivity index (χ2n) is 10.5. The van der Waals surface area contributed by atoms with Crippen LogP contribution in [-0.4, -0.2) is 54.0 Å². The Kier molecular flexibility index (Phi) is 11.6. The normalized spacial score (nSPS) is 12.8. The van der Waals surface area contributed by atoms with Crippen LogP contribution in [-0.2, 0) is 33.6 Å². The molecule has 0 spiro atoms. The van der Waals surface area contributed by atoms with E-state index in [1.165, 1.54) is 5.56 Å². The Balaban J connectivity index is 1.77. The van der Waals surface area contributed by atoms with E-state index in [2.05, 4.69) is 31.0 Å². The highest BCUT2D eigenvalue weighted by molar-refractivity contribution is 7.18. The molecule has 0 saturated carbocycles. The summed E-state index contributed by atoms with van der Waals surface area (Å²) >= 11 is 1.59. The van der Waals surface area contributed by atoms with Crippen molar-refractivity contribution in [1.29, 1.82) is 0 Å². The van der Waals surface area contributed by atoms with Crippen LogP contribution in [0.2, 0.25) is 0 Å². The summed E-state index contributed by atoms with van der Waals surface area (Å²) < 4.78 is 1.10. The molecule has 39 heavy (non-hydrogen) atoms. The van der Waals surface area contributed by atoms with Crippen molar-refractivity contribution in [2.24, 2.45) is 5.92 Å². The molecule has 0 aliphatic heterocycles. The van der Waals surface area contributed by atoms with Crippen LogP contribution in [0.4, 0.5) is 0 Å². The number of thiazole rings is 1. The number of carbonyl (C=O) groups is 3. The molecule has 1 N–H and O–H groups in total. The van der Waals surface area contributed by atoms with Crippen molar-refractivity contribution in [1.82, 2.24) is 15.2 Å². The number of aromatic nitrogens is 1. The fourth-order valence-electron chi connectivity index (χ4n) is 4.61. The first-order chi connectivity index (χ1) is 18.7. The van der Waals surface area contributed by atoms with Gasteiger partial charge in [-0.1, -0.05) is 56.8 Å². The molecule has 0 aliphatic rings. The van der Waals surface area contributed by atoms with Crippen LogP contribution in [0.15, 0.2) is 60.7 Å². The molecule has 0 bridgehead atoms. The second kappa shape index (κ2) is 14.8. The van der Waals surface area contributed by atoms with Gasteiger partial charge in [0.15, 0.2) is 5.78 Å². The minimum Gasteiger partial charge on any atom is -0.353 e. The maximum atomic E-state index is 13.6. The van der Waals surface area contributed by atoms with Crippen molar-refractivity contribution in [3.05, 3.63) is 76.8 Å². The van der Waals surface area contributed by atoms with Gasteiger partial charge in [-0.25, -0.2) is 4.98 Å². The summed E-state index contributed by atoms with van der Waals surface area (Å²) in [6.45, 7) is 8.40. The molecule has 208 valence electrons. The third-order valence-electron chi connectivity index (χ3n) is 6.86. The van der Waals surface area contributed by atoms with Crippen LogP contribution in [0, 0.1) is 5.92 Å². The summed E-state index contributed by atoms with van der Waals surface area (Å²) in [7, 11) is 3.81. The molecule has 1 amide bonds. The number of carbonyl (C=O) groups excluding carboxylic acids is 3. The van der Waals surface area contributed by atoms with Gasteiger partial charge in [-0.2, -0.15) is 0 Å². The summed E-state index contributed by atoms with van der Waals surface area (Å²) in [6.07, 6.45) is 3.34. The number of nitrogens with zero attached hydrogens (tertiary/aromatic N) is 2. The highest BCUT2D eigenvalue weighted by Crippen LogP contribution is 2.27. The van der Waals surface area contributed by atoms with Gasteiger partial charge in [0.1, 0.15) is 5.78 Å². The first-order valence-corrected chi connectivity index (χ1v) is 14.6. The van der Waals surface area contributed by atoms with Gasteiger partial charge in [0.2, 0.25) is 5.91 Å². The summed E-state index contributed by atoms with van der Waals surface area (Å²) in [4.78, 5) is 45.5. The van der Waals surface area contributed by atoms with Crippen LogP contribution in [0.5, 0.6) is 0 Å². The molecule has 1 aromatic heterocycles. The molecule has 0 radical (unpaired) electrons. The van der Waals surface area contributed by atoms with Gasteiger partial charge in [0.25, 0.3) is 0 Å². The zero-order valence-electron chi connectivity index (χ0n) is 23.7. The number of aryl methyl sites for hydroxylation is 1. The number of benzene rings is 2. The van der Waals surface area contributed by atoms with E-state index < -0.39 is 5.92 Å². The van der Waals surface area contributed by atoms with Crippen molar-refractivity contribution in [2.75, 3.05) is 20.6 Å². The van der Waals surface area contributed by atoms with E-state index in [0.29, 0.717) is 44.2 Å². The molecule has 3 aromatic rings. The molecule has 0 fully saturated rings. The lowest BCUT2D eigenvalue weighted by atomic mass is 9.94. The predicted octanol–water partition coefficient (Wildman–Crippen LogP) is 5.58. The van der Waals surface area contributed by atoms with Gasteiger partial charge >= 0.3 is 0 Å². The molecule has 0 unspecified atom stereocenters. The fourth-order valence-corrected chi connectivity index (χ4v) is 5.72. The molecule has 6 nitrogen and oxygen atoms in total. The van der Waals surface area contributed by atoms with E-state index in [1.807, 2.05) is 62.3 Å². The van der Waals surface area contributed by atoms with E-state index in [9.17, 15) is 14.4 Å². The quantitative estimate of drug-likeness (QED) is 0.237. The SMILES string of the molecule is C=C(CN(C)C)C(=O)CC[C@H](Cc1ccccc1)NC(=O)[C@@H](CC(=O)CC)Cc1nc2ccc(CC)cc2s1. The zero-order chi connectivity index (χ0) is 28.4. The van der Waals surface area contributed by atoms with Crippen LogP contribution < -0.4 is 5.32 Å². The minimum absolute atomic E-state index is 0.00893. The van der Waals surface area contributed by atoms with Gasteiger partial charge in [-0.15, -0.1) is 11.3 Å². The van der Waals surface area contributed by atoms with Crippen LogP contribution in [0.1, 0.15) is 55.7 Å². The maximum absolute atomic E-state index is 13.6. The lowest BCUT2D eigenvalue weighted by Gasteiger charge is -2.23. The van der Waals surface area contributed by atoms with Crippen LogP contribution in [0.25, 0.3) is 10.2 Å². The summed E-state index contributed by atoms with van der Waals surface area (Å²) in [5, 5.41) is 4.05. The molecule has 7 heteroatoms. The number of hydrogen-bond donors (Lipinski definition) is 1. The molecule has 2 aromatic carbocycles. The Morgan fingerprint density at radius 3 is 2.44 bits per heavy atom. The highest BCUT2D eigenvalue weighted by Gasteiger charge is 2.26. The fraction of sp³-hybridized carbons (Fsp3) is 0.438. The largest absolute Gasteiger partial charge is 0.353 e. The Bertz CT molecular complexity index is 1280. The average molecular weight is 548 g/mol. The summed E-state index contributed by atoms with van der Waals surface area (Å²) in [5.41, 5.74) is 3.83. The number of rotatable bonds is 16. The molecule has 3 rings (SSSR count). The predicted molar refractivity (Wildman–Crippen MR) is 160 cm³/mol. The first kappa shape index (κ1) is 30.4. The third-order valence-corrected chi connectivity index (χ3v) is 7.90. The van der Waals surface area contributed by atoms with Crippen molar-refractivity contribution >= 4 is 39.0 Å². The van der Waals surface area contributed by atoms with Crippen molar-refractivity contribution < 1.29 is 14.4 Å². The Hall–Kier alpha value is -3.16. The Morgan fingerprint density at radius 1 is 1.03 bits per heavy atom. The summed E-state index contributed by atoms with van der Waals surface area (Å²) in [5.74, 6) is -0.610. The lowest BCUT2D eigenvalue weighted by molar-refractivity contribution is -0.130. The topological polar surface area (TPSA) is 79.4 Å². The first-order valence-electron chi connectivity index (χ1n) is 13.8. The number of Topliss-reactive ketones (excluding diaryl/α,β-unsaturated/α-hetero) is 2. The number of hydrogen-bond acceptors (Lipinski definition) is 6. The maximum Gasteiger partial charge on any atom is 0.224 e. The van der Waals surface area contributed by atoms with Crippen LogP contribution >= 0.6 is 11.3 Å². The Labute approximate surface area is 236 Å². The smallest absolute Gasteiger partial charge is 0.224 e. The standard InChI is InChI=1S/C32H41N3O3S/c1-6-23-13-15-28-30(18-23)39-31(34-28)20-25(19-27(36)7-2)32(38)33-26(17-24-11-9-8-10-12-24)14-16-29(37)22(3)21-35(4)5/h8-13,15,18,25-26H,3,6-7,14,16-17,19-21H2,1-2,4-5H3,(H,33,38)/t25-,26+/m0/s1. The van der Waals surface area contributed by atoms with E-state index in [-0.39, 0.29) is 29.9 Å². The Morgan fingerprint density at radius 2 is 1.77 bits per heavy atom. The van der Waals surface area contributed by atoms with Gasteiger partial charge in [-0.3, -0.25) is 14.4 Å². The van der Waals surface area contributed by atoms with Gasteiger partial charge < -0.3 is 10.2 Å². The van der Waals surface area contributed by atoms with Gasteiger partial charge in [-0.05, 0) is 56.6 Å². The number of fused-ring (bicyclic) bond motifs is 1. The average Bonchev–Trinajstić information content (AvgIpc) is 3.32. The molecule has 0 aliphatic carbocycles. The lowest BCUT2D eigenvalue weighted by Crippen LogP contribution is -2.41. The van der Waals surface area contributed by atoms with E-state index >= 15 is 0 Å². The molecule has 2 atom stereocenters. The van der Waals surface area contributed by atoms with Crippen LogP contribution in [0.3, 0.4) is 0 Å². The van der Waals surface area contributed by atoms with E-state index in [0.717, 1.165) is 27.2 Å². The molecular formula is C32H41N3O3S. The van der Waals surface area contributed by atoms with Gasteiger partial charge in [0.05, 0.1) is 21.1 Å². The zero-order valence-corrected chi connectivity index (χ0v) is 24.5. The molecule has 0 saturated heterocycles. The van der Waals surface area contributed by atoms with Crippen molar-refractivity contribution in [3.63, 3.8) is 0 Å². The third kappa shape index (κ3) is 9.52. The van der Waals surface area contributed by atoms with Crippen molar-refractivity contribution in [2.45, 2.75) is 64.8 Å². The molecule has 1 heterocycles.